The first-order valence-electron chi connectivity index (χ1n) is 7.20. The van der Waals surface area contributed by atoms with Crippen molar-refractivity contribution in [1.82, 2.24) is 10.6 Å². The molecule has 0 radical (unpaired) electrons. The van der Waals surface area contributed by atoms with Gasteiger partial charge in [0.25, 0.3) is 0 Å². The van der Waals surface area contributed by atoms with Gasteiger partial charge in [0.05, 0.1) is 18.9 Å². The lowest BCUT2D eigenvalue weighted by Crippen LogP contribution is -2.44. The van der Waals surface area contributed by atoms with Gasteiger partial charge in [-0.05, 0) is 32.9 Å². The number of hydrogen-bond donors (Lipinski definition) is 3. The largest absolute Gasteiger partial charge is 0.494 e. The summed E-state index contributed by atoms with van der Waals surface area (Å²) in [5.41, 5.74) is 0.632. The molecule has 122 valence electrons. The fourth-order valence-electron chi connectivity index (χ4n) is 1.74. The van der Waals surface area contributed by atoms with E-state index in [1.165, 1.54) is 7.05 Å². The molecule has 0 aliphatic rings. The molecule has 0 bridgehead atoms. The van der Waals surface area contributed by atoms with Crippen molar-refractivity contribution in [1.29, 1.82) is 0 Å². The van der Waals surface area contributed by atoms with E-state index in [0.717, 1.165) is 0 Å². The number of rotatable bonds is 7. The molecule has 1 atom stereocenters. The lowest BCUT2D eigenvalue weighted by molar-refractivity contribution is -0.120. The maximum Gasteiger partial charge on any atom is 0.321 e. The topological polar surface area (TPSA) is 88.7 Å². The molecular formula is C15H23N3O4. The van der Waals surface area contributed by atoms with Crippen molar-refractivity contribution in [2.75, 3.05) is 25.6 Å². The number of hydrogen-bond acceptors (Lipinski definition) is 5. The van der Waals surface area contributed by atoms with Crippen molar-refractivity contribution < 1.29 is 19.1 Å². The van der Waals surface area contributed by atoms with Gasteiger partial charge < -0.3 is 20.1 Å². The van der Waals surface area contributed by atoms with Crippen LogP contribution in [0.15, 0.2) is 18.2 Å². The molecule has 0 spiro atoms. The van der Waals surface area contributed by atoms with Crippen LogP contribution in [0.5, 0.6) is 11.5 Å². The van der Waals surface area contributed by atoms with Crippen molar-refractivity contribution in [2.24, 2.45) is 0 Å². The smallest absolute Gasteiger partial charge is 0.321 e. The fourth-order valence-corrected chi connectivity index (χ4v) is 1.74. The Labute approximate surface area is 130 Å². The van der Waals surface area contributed by atoms with Crippen molar-refractivity contribution in [2.45, 2.75) is 26.8 Å². The highest BCUT2D eigenvalue weighted by Crippen LogP contribution is 2.30. The van der Waals surface area contributed by atoms with Crippen LogP contribution in [0.3, 0.4) is 0 Å². The number of ether oxygens (including phenoxy) is 2. The molecular weight excluding hydrogens is 286 g/mol. The maximum absolute atomic E-state index is 11.9. The minimum atomic E-state index is -0.617. The van der Waals surface area contributed by atoms with Crippen molar-refractivity contribution in [3.63, 3.8) is 0 Å². The Bertz CT molecular complexity index is 520. The first-order chi connectivity index (χ1) is 10.5. The number of carbonyl (C=O) groups is 2. The Morgan fingerprint density at radius 3 is 2.45 bits per heavy atom. The molecule has 0 aromatic heterocycles. The van der Waals surface area contributed by atoms with Gasteiger partial charge >= 0.3 is 6.03 Å². The van der Waals surface area contributed by atoms with E-state index >= 15 is 0 Å². The van der Waals surface area contributed by atoms with Crippen LogP contribution in [0.1, 0.15) is 20.8 Å². The molecule has 1 aromatic rings. The van der Waals surface area contributed by atoms with E-state index in [1.54, 1.807) is 25.1 Å². The van der Waals surface area contributed by atoms with E-state index in [1.807, 2.05) is 13.8 Å². The molecule has 1 aromatic carbocycles. The summed E-state index contributed by atoms with van der Waals surface area (Å²) in [6.07, 6.45) is 0. The molecule has 0 saturated carbocycles. The van der Waals surface area contributed by atoms with Crippen LogP contribution < -0.4 is 25.4 Å². The number of imide groups is 1. The second-order valence-electron chi connectivity index (χ2n) is 4.46. The van der Waals surface area contributed by atoms with E-state index in [4.69, 9.17) is 9.47 Å². The normalized spacial score (nSPS) is 11.3. The van der Waals surface area contributed by atoms with Crippen molar-refractivity contribution in [3.8, 4) is 11.5 Å². The third-order valence-corrected chi connectivity index (χ3v) is 2.79. The molecule has 0 saturated heterocycles. The monoisotopic (exact) mass is 309 g/mol. The Morgan fingerprint density at radius 2 is 1.86 bits per heavy atom. The number of amides is 3. The van der Waals surface area contributed by atoms with E-state index in [-0.39, 0.29) is 0 Å². The van der Waals surface area contributed by atoms with Gasteiger partial charge in [0.1, 0.15) is 17.5 Å². The second-order valence-corrected chi connectivity index (χ2v) is 4.46. The highest BCUT2D eigenvalue weighted by atomic mass is 16.5. The second kappa shape index (κ2) is 8.76. The lowest BCUT2D eigenvalue weighted by Gasteiger charge is -2.18. The minimum Gasteiger partial charge on any atom is -0.494 e. The van der Waals surface area contributed by atoms with Crippen molar-refractivity contribution in [3.05, 3.63) is 18.2 Å². The van der Waals surface area contributed by atoms with E-state index in [9.17, 15) is 9.59 Å². The predicted molar refractivity (Wildman–Crippen MR) is 84.5 cm³/mol. The SMILES string of the molecule is CCOc1ccc(OCC)c(N[C@@H](C)C(=O)NC(=O)NC)c1. The van der Waals surface area contributed by atoms with Gasteiger partial charge in [-0.1, -0.05) is 0 Å². The number of anilines is 1. The van der Waals surface area contributed by atoms with Crippen LogP contribution in [-0.2, 0) is 4.79 Å². The zero-order chi connectivity index (χ0) is 16.5. The standard InChI is InChI=1S/C15H23N3O4/c1-5-21-11-7-8-13(22-6-2)12(9-11)17-10(3)14(19)18-15(20)16-4/h7-10,17H,5-6H2,1-4H3,(H2,16,18,19,20)/t10-/m0/s1. The summed E-state index contributed by atoms with van der Waals surface area (Å²) in [5.74, 6) is 0.849. The number of nitrogens with one attached hydrogen (secondary N) is 3. The summed E-state index contributed by atoms with van der Waals surface area (Å²) in [7, 11) is 1.44. The summed E-state index contributed by atoms with van der Waals surface area (Å²) in [5, 5.41) is 7.57. The molecule has 22 heavy (non-hydrogen) atoms. The van der Waals surface area contributed by atoms with Gasteiger partial charge in [-0.2, -0.15) is 0 Å². The first-order valence-corrected chi connectivity index (χ1v) is 7.20. The van der Waals surface area contributed by atoms with Gasteiger partial charge in [-0.25, -0.2) is 4.79 Å². The van der Waals surface area contributed by atoms with Gasteiger partial charge in [-0.3, -0.25) is 10.1 Å². The molecule has 3 N–H and O–H groups in total. The molecule has 3 amide bonds. The summed E-state index contributed by atoms with van der Waals surface area (Å²) in [6, 6.07) is 4.17. The van der Waals surface area contributed by atoms with Crippen LogP contribution >= 0.6 is 0 Å². The highest BCUT2D eigenvalue weighted by molar-refractivity contribution is 5.98. The maximum atomic E-state index is 11.9. The summed E-state index contributed by atoms with van der Waals surface area (Å²) < 4.78 is 11.0. The van der Waals surface area contributed by atoms with E-state index < -0.39 is 18.0 Å². The molecule has 0 aliphatic carbocycles. The zero-order valence-corrected chi connectivity index (χ0v) is 13.4. The van der Waals surface area contributed by atoms with Gasteiger partial charge in [0.2, 0.25) is 5.91 Å². The minimum absolute atomic E-state index is 0.441. The summed E-state index contributed by atoms with van der Waals surface area (Å²) >= 11 is 0. The molecule has 7 heteroatoms. The fraction of sp³-hybridized carbons (Fsp3) is 0.467. The number of urea groups is 1. The van der Waals surface area contributed by atoms with Gasteiger partial charge in [-0.15, -0.1) is 0 Å². The highest BCUT2D eigenvalue weighted by Gasteiger charge is 2.17. The number of carbonyl (C=O) groups excluding carboxylic acids is 2. The molecule has 0 fully saturated rings. The third-order valence-electron chi connectivity index (χ3n) is 2.79. The lowest BCUT2D eigenvalue weighted by atomic mass is 10.2. The molecule has 1 rings (SSSR count). The van der Waals surface area contributed by atoms with Crippen LogP contribution in [0.25, 0.3) is 0 Å². The summed E-state index contributed by atoms with van der Waals surface area (Å²) in [4.78, 5) is 23.1. The quantitative estimate of drug-likeness (QED) is 0.714. The van der Waals surface area contributed by atoms with E-state index in [0.29, 0.717) is 30.4 Å². The van der Waals surface area contributed by atoms with Crippen LogP contribution in [0, 0.1) is 0 Å². The Morgan fingerprint density at radius 1 is 1.18 bits per heavy atom. The van der Waals surface area contributed by atoms with E-state index in [2.05, 4.69) is 16.0 Å². The summed E-state index contributed by atoms with van der Waals surface area (Å²) in [6.45, 7) is 6.47. The average molecular weight is 309 g/mol. The van der Waals surface area contributed by atoms with Crippen molar-refractivity contribution >= 4 is 17.6 Å². The predicted octanol–water partition coefficient (Wildman–Crippen LogP) is 1.74. The van der Waals surface area contributed by atoms with Crippen LogP contribution in [0.4, 0.5) is 10.5 Å². The van der Waals surface area contributed by atoms with Crippen LogP contribution in [0.2, 0.25) is 0 Å². The molecule has 0 unspecified atom stereocenters. The Kier molecular flexibility index (Phi) is 7.01. The van der Waals surface area contributed by atoms with Gasteiger partial charge in [0, 0.05) is 13.1 Å². The van der Waals surface area contributed by atoms with Crippen LogP contribution in [-0.4, -0.2) is 38.2 Å². The zero-order valence-electron chi connectivity index (χ0n) is 13.4. The first kappa shape index (κ1) is 17.6. The molecule has 0 aliphatic heterocycles. The number of benzene rings is 1. The Hall–Kier alpha value is -2.44. The van der Waals surface area contributed by atoms with Gasteiger partial charge in [0.15, 0.2) is 0 Å². The molecule has 0 heterocycles. The molecule has 7 nitrogen and oxygen atoms in total. The Balaban J connectivity index is 2.86. The average Bonchev–Trinajstić information content (AvgIpc) is 2.50. The third kappa shape index (κ3) is 5.16.